The number of furan rings is 1. The van der Waals surface area contributed by atoms with Crippen LogP contribution in [0.1, 0.15) is 16.9 Å². The van der Waals surface area contributed by atoms with E-state index in [0.717, 1.165) is 11.3 Å². The summed E-state index contributed by atoms with van der Waals surface area (Å²) in [5.41, 5.74) is 3.39. The minimum absolute atomic E-state index is 0.879. The molecule has 0 aliphatic heterocycles. The summed E-state index contributed by atoms with van der Waals surface area (Å²) < 4.78 is 5.61. The molecule has 2 aromatic rings. The van der Waals surface area contributed by atoms with Gasteiger partial charge in [0.15, 0.2) is 0 Å². The molecule has 1 heterocycles. The molecule has 0 spiro atoms. The van der Waals surface area contributed by atoms with Crippen LogP contribution < -0.4 is 0 Å². The molecule has 0 unspecified atom stereocenters. The first kappa shape index (κ1) is 8.11. The highest BCUT2D eigenvalue weighted by Gasteiger charge is 2.08. The zero-order valence-corrected chi connectivity index (χ0v) is 7.92. The maximum atomic E-state index is 5.61. The van der Waals surface area contributed by atoms with Crippen molar-refractivity contribution in [2.24, 2.45) is 0 Å². The quantitative estimate of drug-likeness (QED) is 0.639. The molecule has 2 rings (SSSR count). The lowest BCUT2D eigenvalue weighted by atomic mass is 10.1. The summed E-state index contributed by atoms with van der Waals surface area (Å²) in [6, 6.07) is 6.09. The number of benzene rings is 1. The van der Waals surface area contributed by atoms with E-state index < -0.39 is 0 Å². The van der Waals surface area contributed by atoms with Crippen LogP contribution in [0.2, 0.25) is 0 Å². The highest BCUT2D eigenvalue weighted by Crippen LogP contribution is 2.28. The number of fused-ring (bicyclic) bond motifs is 1. The van der Waals surface area contributed by atoms with Crippen molar-refractivity contribution >= 4 is 17.0 Å². The second-order valence-electron chi connectivity index (χ2n) is 3.24. The van der Waals surface area contributed by atoms with Gasteiger partial charge in [-0.1, -0.05) is 18.7 Å². The molecular formula is C12H12O. The van der Waals surface area contributed by atoms with Gasteiger partial charge in [0.25, 0.3) is 0 Å². The molecule has 0 saturated heterocycles. The third-order valence-corrected chi connectivity index (χ3v) is 2.38. The van der Waals surface area contributed by atoms with Crippen molar-refractivity contribution in [1.29, 1.82) is 0 Å². The van der Waals surface area contributed by atoms with Crippen LogP contribution in [0.5, 0.6) is 0 Å². The molecule has 0 saturated carbocycles. The molecule has 0 bridgehead atoms. The molecule has 0 N–H and O–H groups in total. The van der Waals surface area contributed by atoms with Crippen molar-refractivity contribution < 1.29 is 4.42 Å². The Labute approximate surface area is 77.7 Å². The topological polar surface area (TPSA) is 13.1 Å². The average molecular weight is 172 g/mol. The van der Waals surface area contributed by atoms with E-state index in [0.29, 0.717) is 0 Å². The maximum Gasteiger partial charge on any atom is 0.135 e. The minimum atomic E-state index is 0.879. The first-order chi connectivity index (χ1) is 6.24. The van der Waals surface area contributed by atoms with Crippen molar-refractivity contribution in [3.05, 3.63) is 41.7 Å². The van der Waals surface area contributed by atoms with Crippen LogP contribution in [0.3, 0.4) is 0 Å². The Morgan fingerprint density at radius 2 is 2.08 bits per heavy atom. The third kappa shape index (κ3) is 1.08. The lowest BCUT2D eigenvalue weighted by molar-refractivity contribution is 0.601. The molecule has 0 atom stereocenters. The first-order valence-corrected chi connectivity index (χ1v) is 4.35. The monoisotopic (exact) mass is 172 g/mol. The van der Waals surface area contributed by atoms with Gasteiger partial charge in [-0.25, -0.2) is 0 Å². The molecule has 66 valence electrons. The van der Waals surface area contributed by atoms with Crippen molar-refractivity contribution in [2.45, 2.75) is 13.8 Å². The van der Waals surface area contributed by atoms with Crippen molar-refractivity contribution in [3.63, 3.8) is 0 Å². The average Bonchev–Trinajstić information content (AvgIpc) is 2.44. The van der Waals surface area contributed by atoms with E-state index in [-0.39, 0.29) is 0 Å². The standard InChI is InChI=1S/C12H12O/c1-4-10-9(3)12-8(2)6-5-7-11(12)13-10/h4-7H,1H2,2-3H3. The van der Waals surface area contributed by atoms with Gasteiger partial charge in [0.05, 0.1) is 0 Å². The van der Waals surface area contributed by atoms with E-state index in [2.05, 4.69) is 26.5 Å². The molecule has 0 aliphatic rings. The van der Waals surface area contributed by atoms with Crippen LogP contribution in [0.15, 0.2) is 29.2 Å². The van der Waals surface area contributed by atoms with E-state index in [4.69, 9.17) is 4.42 Å². The van der Waals surface area contributed by atoms with Gasteiger partial charge < -0.3 is 4.42 Å². The summed E-state index contributed by atoms with van der Waals surface area (Å²) in [6.07, 6.45) is 1.76. The van der Waals surface area contributed by atoms with Gasteiger partial charge in [-0.3, -0.25) is 0 Å². The molecule has 0 aliphatic carbocycles. The summed E-state index contributed by atoms with van der Waals surface area (Å²) in [4.78, 5) is 0. The van der Waals surface area contributed by atoms with E-state index in [1.807, 2.05) is 12.1 Å². The normalized spacial score (nSPS) is 10.6. The Bertz CT molecular complexity index is 463. The van der Waals surface area contributed by atoms with Gasteiger partial charge in [-0.15, -0.1) is 0 Å². The molecule has 1 nitrogen and oxygen atoms in total. The molecule has 0 radical (unpaired) electrons. The molecule has 1 heteroatoms. The van der Waals surface area contributed by atoms with Gasteiger partial charge >= 0.3 is 0 Å². The number of hydrogen-bond donors (Lipinski definition) is 0. The summed E-state index contributed by atoms with van der Waals surface area (Å²) >= 11 is 0. The fraction of sp³-hybridized carbons (Fsp3) is 0.167. The maximum absolute atomic E-state index is 5.61. The highest BCUT2D eigenvalue weighted by atomic mass is 16.3. The van der Waals surface area contributed by atoms with E-state index in [1.54, 1.807) is 6.08 Å². The largest absolute Gasteiger partial charge is 0.456 e. The van der Waals surface area contributed by atoms with Crippen molar-refractivity contribution in [3.8, 4) is 0 Å². The van der Waals surface area contributed by atoms with E-state index in [9.17, 15) is 0 Å². The molecule has 0 amide bonds. The number of aryl methyl sites for hydroxylation is 2. The van der Waals surface area contributed by atoms with Crippen LogP contribution in [0, 0.1) is 13.8 Å². The Balaban J connectivity index is 2.92. The van der Waals surface area contributed by atoms with Gasteiger partial charge in [0.1, 0.15) is 11.3 Å². The third-order valence-electron chi connectivity index (χ3n) is 2.38. The zero-order chi connectivity index (χ0) is 9.42. The SMILES string of the molecule is C=Cc1oc2cccc(C)c2c1C. The van der Waals surface area contributed by atoms with Gasteiger partial charge in [0, 0.05) is 10.9 Å². The highest BCUT2D eigenvalue weighted by molar-refractivity contribution is 5.87. The number of rotatable bonds is 1. The van der Waals surface area contributed by atoms with Crippen LogP contribution >= 0.6 is 0 Å². The molecule has 1 aromatic carbocycles. The predicted molar refractivity (Wildman–Crippen MR) is 55.8 cm³/mol. The minimum Gasteiger partial charge on any atom is -0.456 e. The van der Waals surface area contributed by atoms with Crippen LogP contribution in [0.4, 0.5) is 0 Å². The summed E-state index contributed by atoms with van der Waals surface area (Å²) in [5, 5.41) is 1.22. The number of hydrogen-bond acceptors (Lipinski definition) is 1. The smallest absolute Gasteiger partial charge is 0.135 e. The van der Waals surface area contributed by atoms with Crippen LogP contribution in [-0.4, -0.2) is 0 Å². The van der Waals surface area contributed by atoms with Gasteiger partial charge in [-0.05, 0) is 31.6 Å². The predicted octanol–water partition coefficient (Wildman–Crippen LogP) is 3.69. The lowest BCUT2D eigenvalue weighted by Crippen LogP contribution is -1.75. The zero-order valence-electron chi connectivity index (χ0n) is 7.92. The Kier molecular flexibility index (Phi) is 1.73. The molecule has 0 fully saturated rings. The van der Waals surface area contributed by atoms with Crippen LogP contribution in [-0.2, 0) is 0 Å². The second kappa shape index (κ2) is 2.77. The molecular weight excluding hydrogens is 160 g/mol. The van der Waals surface area contributed by atoms with E-state index in [1.165, 1.54) is 16.5 Å². The van der Waals surface area contributed by atoms with Crippen molar-refractivity contribution in [1.82, 2.24) is 0 Å². The fourth-order valence-corrected chi connectivity index (χ4v) is 1.72. The Morgan fingerprint density at radius 3 is 2.69 bits per heavy atom. The molecule has 13 heavy (non-hydrogen) atoms. The Morgan fingerprint density at radius 1 is 1.31 bits per heavy atom. The summed E-state index contributed by atoms with van der Waals surface area (Å²) in [6.45, 7) is 7.88. The van der Waals surface area contributed by atoms with E-state index >= 15 is 0 Å². The van der Waals surface area contributed by atoms with Crippen molar-refractivity contribution in [2.75, 3.05) is 0 Å². The van der Waals surface area contributed by atoms with Gasteiger partial charge in [0.2, 0.25) is 0 Å². The lowest BCUT2D eigenvalue weighted by Gasteiger charge is -1.93. The molecule has 1 aromatic heterocycles. The first-order valence-electron chi connectivity index (χ1n) is 4.35. The van der Waals surface area contributed by atoms with Gasteiger partial charge in [-0.2, -0.15) is 0 Å². The summed E-state index contributed by atoms with van der Waals surface area (Å²) in [5.74, 6) is 0.879. The fourth-order valence-electron chi connectivity index (χ4n) is 1.72. The van der Waals surface area contributed by atoms with Crippen LogP contribution in [0.25, 0.3) is 17.0 Å². The summed E-state index contributed by atoms with van der Waals surface area (Å²) in [7, 11) is 0. The Hall–Kier alpha value is -1.50. The second-order valence-corrected chi connectivity index (χ2v) is 3.24.